The number of benzene rings is 1. The van der Waals surface area contributed by atoms with Gasteiger partial charge in [0.15, 0.2) is 0 Å². The molecule has 1 fully saturated rings. The summed E-state index contributed by atoms with van der Waals surface area (Å²) in [4.78, 5) is 18.9. The fourth-order valence-corrected chi connectivity index (χ4v) is 2.97. The normalized spacial score (nSPS) is 19.2. The monoisotopic (exact) mass is 288 g/mol. The summed E-state index contributed by atoms with van der Waals surface area (Å²) < 4.78 is 0. The van der Waals surface area contributed by atoms with Crippen molar-refractivity contribution < 1.29 is 4.79 Å². The first kappa shape index (κ1) is 13.4. The van der Waals surface area contributed by atoms with Gasteiger partial charge in [-0.05, 0) is 30.9 Å². The first-order valence-electron chi connectivity index (χ1n) is 6.99. The van der Waals surface area contributed by atoms with E-state index in [0.29, 0.717) is 17.5 Å². The summed E-state index contributed by atoms with van der Waals surface area (Å²) in [6.07, 6.45) is 2.13. The zero-order chi connectivity index (χ0) is 13.9. The molecule has 1 atom stereocenters. The molecule has 1 aromatic carbocycles. The molecule has 1 aliphatic rings. The van der Waals surface area contributed by atoms with Crippen molar-refractivity contribution in [1.82, 2.24) is 9.88 Å². The summed E-state index contributed by atoms with van der Waals surface area (Å²) in [6.45, 7) is 1.55. The van der Waals surface area contributed by atoms with Crippen molar-refractivity contribution in [3.8, 4) is 0 Å². The minimum absolute atomic E-state index is 0.0190. The van der Waals surface area contributed by atoms with E-state index in [-0.39, 0.29) is 5.91 Å². The van der Waals surface area contributed by atoms with E-state index in [2.05, 4.69) is 4.98 Å². The van der Waals surface area contributed by atoms with Gasteiger partial charge in [0.25, 0.3) is 5.91 Å². The molecule has 2 aromatic rings. The Hall–Kier alpha value is -1.61. The topological polar surface area (TPSA) is 33.2 Å². The summed E-state index contributed by atoms with van der Waals surface area (Å²) in [7, 11) is 0. The number of carbonyl (C=O) groups excluding carboxylic acids is 1. The summed E-state index contributed by atoms with van der Waals surface area (Å²) in [5.74, 6) is 1.05. The van der Waals surface area contributed by atoms with Gasteiger partial charge in [0.05, 0.1) is 5.52 Å². The predicted octanol–water partition coefficient (Wildman–Crippen LogP) is 3.33. The number of halogens is 1. The molecule has 0 bridgehead atoms. The second-order valence-electron chi connectivity index (χ2n) is 5.30. The molecule has 3 nitrogen and oxygen atoms in total. The van der Waals surface area contributed by atoms with Gasteiger partial charge < -0.3 is 4.90 Å². The highest BCUT2D eigenvalue weighted by Gasteiger charge is 2.24. The molecule has 0 aliphatic carbocycles. The minimum Gasteiger partial charge on any atom is -0.337 e. The van der Waals surface area contributed by atoms with Gasteiger partial charge in [-0.1, -0.05) is 24.3 Å². The molecule has 0 saturated carbocycles. The number of likely N-dealkylation sites (tertiary alicyclic amines) is 1. The number of alkyl halides is 1. The molecule has 3 rings (SSSR count). The van der Waals surface area contributed by atoms with Gasteiger partial charge in [-0.25, -0.2) is 4.98 Å². The number of para-hydroxylation sites is 1. The molecular weight excluding hydrogens is 272 g/mol. The molecule has 1 unspecified atom stereocenters. The molecule has 1 aromatic heterocycles. The largest absolute Gasteiger partial charge is 0.337 e. The molecule has 1 saturated heterocycles. The maximum atomic E-state index is 12.5. The summed E-state index contributed by atoms with van der Waals surface area (Å²) in [5, 5.41) is 1.06. The lowest BCUT2D eigenvalue weighted by Crippen LogP contribution is -2.40. The van der Waals surface area contributed by atoms with Crippen molar-refractivity contribution in [3.05, 3.63) is 42.1 Å². The quantitative estimate of drug-likeness (QED) is 0.794. The number of pyridine rings is 1. The third kappa shape index (κ3) is 2.63. The molecule has 4 heteroatoms. The summed E-state index contributed by atoms with van der Waals surface area (Å²) in [5.41, 5.74) is 1.39. The first-order valence-corrected chi connectivity index (χ1v) is 7.52. The molecule has 1 aliphatic heterocycles. The second kappa shape index (κ2) is 5.80. The van der Waals surface area contributed by atoms with E-state index in [1.165, 1.54) is 0 Å². The number of aromatic nitrogens is 1. The first-order chi connectivity index (χ1) is 9.78. The highest BCUT2D eigenvalue weighted by molar-refractivity contribution is 6.18. The molecule has 2 heterocycles. The van der Waals surface area contributed by atoms with Crippen LogP contribution in [0.15, 0.2) is 36.4 Å². The van der Waals surface area contributed by atoms with Crippen LogP contribution in [0.1, 0.15) is 23.3 Å². The molecule has 0 radical (unpaired) electrons. The average molecular weight is 289 g/mol. The fourth-order valence-electron chi connectivity index (χ4n) is 2.72. The van der Waals surface area contributed by atoms with E-state index in [1.807, 2.05) is 41.3 Å². The van der Waals surface area contributed by atoms with Gasteiger partial charge in [-0.15, -0.1) is 11.6 Å². The molecule has 0 N–H and O–H groups in total. The van der Waals surface area contributed by atoms with Crippen LogP contribution in [0.25, 0.3) is 10.9 Å². The highest BCUT2D eigenvalue weighted by Crippen LogP contribution is 2.20. The minimum atomic E-state index is 0.0190. The Balaban J connectivity index is 1.84. The molecular formula is C16H17ClN2O. The van der Waals surface area contributed by atoms with Crippen molar-refractivity contribution in [2.24, 2.45) is 5.92 Å². The Morgan fingerprint density at radius 1 is 1.30 bits per heavy atom. The van der Waals surface area contributed by atoms with Crippen LogP contribution < -0.4 is 0 Å². The van der Waals surface area contributed by atoms with E-state index in [9.17, 15) is 4.79 Å². The Morgan fingerprint density at radius 2 is 2.15 bits per heavy atom. The summed E-state index contributed by atoms with van der Waals surface area (Å²) >= 11 is 5.92. The average Bonchev–Trinajstić information content (AvgIpc) is 2.53. The number of carbonyl (C=O) groups is 1. The Labute approximate surface area is 123 Å². The molecule has 104 valence electrons. The van der Waals surface area contributed by atoms with Crippen LogP contribution >= 0.6 is 11.6 Å². The summed E-state index contributed by atoms with van der Waals surface area (Å²) in [6, 6.07) is 11.6. The van der Waals surface area contributed by atoms with E-state index in [4.69, 9.17) is 11.6 Å². The zero-order valence-electron chi connectivity index (χ0n) is 11.3. The van der Waals surface area contributed by atoms with Crippen LogP contribution in [0, 0.1) is 5.92 Å². The number of rotatable bonds is 2. The maximum Gasteiger partial charge on any atom is 0.272 e. The van der Waals surface area contributed by atoms with Gasteiger partial charge in [-0.3, -0.25) is 4.79 Å². The van der Waals surface area contributed by atoms with Crippen molar-refractivity contribution >= 4 is 28.4 Å². The SMILES string of the molecule is O=C(c1ccc2ccccc2n1)N1CCCC(CCl)C1. The Bertz CT molecular complexity index is 629. The van der Waals surface area contributed by atoms with Crippen LogP contribution in [-0.4, -0.2) is 34.8 Å². The number of fused-ring (bicyclic) bond motifs is 1. The molecule has 0 spiro atoms. The predicted molar refractivity (Wildman–Crippen MR) is 81.1 cm³/mol. The molecule has 1 amide bonds. The fraction of sp³-hybridized carbons (Fsp3) is 0.375. The smallest absolute Gasteiger partial charge is 0.272 e. The Kier molecular flexibility index (Phi) is 3.88. The maximum absolute atomic E-state index is 12.5. The van der Waals surface area contributed by atoms with Gasteiger partial charge in [0.1, 0.15) is 5.69 Å². The van der Waals surface area contributed by atoms with Crippen LogP contribution in [0.5, 0.6) is 0 Å². The third-order valence-electron chi connectivity index (χ3n) is 3.84. The Morgan fingerprint density at radius 3 is 3.00 bits per heavy atom. The second-order valence-corrected chi connectivity index (χ2v) is 5.61. The van der Waals surface area contributed by atoms with Crippen LogP contribution in [0.2, 0.25) is 0 Å². The zero-order valence-corrected chi connectivity index (χ0v) is 12.0. The van der Waals surface area contributed by atoms with Gasteiger partial charge >= 0.3 is 0 Å². The lowest BCUT2D eigenvalue weighted by atomic mass is 10.00. The van der Waals surface area contributed by atoms with Crippen LogP contribution in [0.3, 0.4) is 0 Å². The number of piperidine rings is 1. The molecule has 20 heavy (non-hydrogen) atoms. The van der Waals surface area contributed by atoms with Crippen molar-refractivity contribution in [1.29, 1.82) is 0 Å². The lowest BCUT2D eigenvalue weighted by molar-refractivity contribution is 0.0679. The van der Waals surface area contributed by atoms with Crippen molar-refractivity contribution in [2.45, 2.75) is 12.8 Å². The highest BCUT2D eigenvalue weighted by atomic mass is 35.5. The number of hydrogen-bond donors (Lipinski definition) is 0. The van der Waals surface area contributed by atoms with Crippen LogP contribution in [0.4, 0.5) is 0 Å². The number of amides is 1. The van der Waals surface area contributed by atoms with E-state index < -0.39 is 0 Å². The number of nitrogens with zero attached hydrogens (tertiary/aromatic N) is 2. The van der Waals surface area contributed by atoms with Crippen molar-refractivity contribution in [2.75, 3.05) is 19.0 Å². The number of hydrogen-bond acceptors (Lipinski definition) is 2. The van der Waals surface area contributed by atoms with Gasteiger partial charge in [-0.2, -0.15) is 0 Å². The van der Waals surface area contributed by atoms with Gasteiger partial charge in [0, 0.05) is 24.4 Å². The van der Waals surface area contributed by atoms with Gasteiger partial charge in [0.2, 0.25) is 0 Å². The van der Waals surface area contributed by atoms with E-state index in [0.717, 1.165) is 36.8 Å². The standard InChI is InChI=1S/C16H17ClN2O/c17-10-12-4-3-9-19(11-12)16(20)15-8-7-13-5-1-2-6-14(13)18-15/h1-2,5-8,12H,3-4,9-11H2. The lowest BCUT2D eigenvalue weighted by Gasteiger charge is -2.31. The van der Waals surface area contributed by atoms with E-state index >= 15 is 0 Å². The third-order valence-corrected chi connectivity index (χ3v) is 4.28. The van der Waals surface area contributed by atoms with Crippen LogP contribution in [-0.2, 0) is 0 Å². The van der Waals surface area contributed by atoms with Crippen molar-refractivity contribution in [3.63, 3.8) is 0 Å². The van der Waals surface area contributed by atoms with E-state index in [1.54, 1.807) is 0 Å².